The van der Waals surface area contributed by atoms with Crippen LogP contribution in [0.25, 0.3) is 6.08 Å². The predicted octanol–water partition coefficient (Wildman–Crippen LogP) is 3.82. The summed E-state index contributed by atoms with van der Waals surface area (Å²) in [4.78, 5) is 13.5. The third-order valence-corrected chi connectivity index (χ3v) is 3.39. The van der Waals surface area contributed by atoms with Crippen LogP contribution >= 0.6 is 12.4 Å². The van der Waals surface area contributed by atoms with Gasteiger partial charge in [0.25, 0.3) is 0 Å². The van der Waals surface area contributed by atoms with Crippen LogP contribution in [0.4, 0.5) is 0 Å². The number of halogens is 1. The fourth-order valence-corrected chi connectivity index (χ4v) is 1.84. The number of hydrogen-bond acceptors (Lipinski definition) is 3. The molecule has 0 spiro atoms. The molecule has 0 bridgehead atoms. The number of carbonyl (C=O) groups excluding carboxylic acids is 1. The number of ether oxygens (including phenoxy) is 1. The first-order chi connectivity index (χ1) is 9.56. The average Bonchev–Trinajstić information content (AvgIpc) is 2.45. The van der Waals surface area contributed by atoms with E-state index in [9.17, 15) is 4.79 Å². The summed E-state index contributed by atoms with van der Waals surface area (Å²) in [5.41, 5.74) is 1.79. The summed E-state index contributed by atoms with van der Waals surface area (Å²) >= 11 is 0. The maximum Gasteiger partial charge on any atom is 0.155 e. The van der Waals surface area contributed by atoms with Gasteiger partial charge in [0.15, 0.2) is 5.78 Å². The smallest absolute Gasteiger partial charge is 0.155 e. The molecule has 0 heterocycles. The van der Waals surface area contributed by atoms with Crippen LogP contribution in [0.3, 0.4) is 0 Å². The number of rotatable bonds is 8. The minimum absolute atomic E-state index is 0. The van der Waals surface area contributed by atoms with E-state index in [0.29, 0.717) is 6.61 Å². The quantitative estimate of drug-likeness (QED) is 0.684. The van der Waals surface area contributed by atoms with Gasteiger partial charge in [0, 0.05) is 6.54 Å². The second kappa shape index (κ2) is 10.4. The first kappa shape index (κ1) is 19.7. The zero-order valence-corrected chi connectivity index (χ0v) is 14.2. The Kier molecular flexibility index (Phi) is 9.76. The summed E-state index contributed by atoms with van der Waals surface area (Å²) in [5, 5.41) is 0. The molecule has 0 atom stereocenters. The van der Waals surface area contributed by atoms with Gasteiger partial charge >= 0.3 is 0 Å². The standard InChI is InChI=1S/C17H25NO2.ClH/c1-5-18(6-2)11-12-20-17-9-7-16(8-10-17)13-14(3)15(4)19;/h7-10,13H,5-6,11-12H2,1-4H3;1H/b14-13+;. The molecule has 4 heteroatoms. The molecule has 1 rings (SSSR count). The number of likely N-dealkylation sites (N-methyl/N-ethyl adjacent to an activating group) is 1. The molecule has 21 heavy (non-hydrogen) atoms. The molecule has 0 aliphatic rings. The third kappa shape index (κ3) is 7.30. The summed E-state index contributed by atoms with van der Waals surface area (Å²) < 4.78 is 5.72. The number of ketones is 1. The van der Waals surface area contributed by atoms with E-state index in [1.54, 1.807) is 6.92 Å². The second-order valence-electron chi connectivity index (χ2n) is 4.83. The lowest BCUT2D eigenvalue weighted by Crippen LogP contribution is -2.27. The van der Waals surface area contributed by atoms with Crippen molar-refractivity contribution in [3.8, 4) is 5.75 Å². The fraction of sp³-hybridized carbons (Fsp3) is 0.471. The van der Waals surface area contributed by atoms with E-state index in [1.165, 1.54) is 0 Å². The molecule has 0 N–H and O–H groups in total. The molecule has 118 valence electrons. The minimum Gasteiger partial charge on any atom is -0.492 e. The largest absolute Gasteiger partial charge is 0.492 e. The minimum atomic E-state index is 0. The SMILES string of the molecule is CCN(CC)CCOc1ccc(/C=C(\C)C(C)=O)cc1.Cl. The van der Waals surface area contributed by atoms with E-state index >= 15 is 0 Å². The molecule has 0 unspecified atom stereocenters. The van der Waals surface area contributed by atoms with Gasteiger partial charge in [-0.3, -0.25) is 4.79 Å². The lowest BCUT2D eigenvalue weighted by molar-refractivity contribution is -0.113. The molecular formula is C17H26ClNO2. The van der Waals surface area contributed by atoms with Crippen LogP contribution in [0, 0.1) is 0 Å². The monoisotopic (exact) mass is 311 g/mol. The summed E-state index contributed by atoms with van der Waals surface area (Å²) in [7, 11) is 0. The molecule has 0 radical (unpaired) electrons. The lowest BCUT2D eigenvalue weighted by atomic mass is 10.1. The molecule has 1 aromatic rings. The summed E-state index contributed by atoms with van der Waals surface area (Å²) in [6.45, 7) is 11.5. The highest BCUT2D eigenvalue weighted by Gasteiger charge is 2.00. The third-order valence-electron chi connectivity index (χ3n) is 3.39. The molecule has 0 saturated carbocycles. The van der Waals surface area contributed by atoms with Gasteiger partial charge in [0.1, 0.15) is 12.4 Å². The maximum atomic E-state index is 11.2. The molecule has 1 aromatic carbocycles. The van der Waals surface area contributed by atoms with E-state index in [4.69, 9.17) is 4.74 Å². The molecule has 0 saturated heterocycles. The van der Waals surface area contributed by atoms with Crippen LogP contribution in [0.2, 0.25) is 0 Å². The highest BCUT2D eigenvalue weighted by Crippen LogP contribution is 2.14. The number of carbonyl (C=O) groups is 1. The van der Waals surface area contributed by atoms with E-state index in [-0.39, 0.29) is 18.2 Å². The average molecular weight is 312 g/mol. The van der Waals surface area contributed by atoms with Gasteiger partial charge in [-0.2, -0.15) is 0 Å². The molecule has 0 aromatic heterocycles. The normalized spacial score (nSPS) is 11.2. The summed E-state index contributed by atoms with van der Waals surface area (Å²) in [6, 6.07) is 7.83. The molecule has 0 fully saturated rings. The Hall–Kier alpha value is -1.32. The van der Waals surface area contributed by atoms with Gasteiger partial charge in [0.2, 0.25) is 0 Å². The highest BCUT2D eigenvalue weighted by molar-refractivity contribution is 5.97. The number of nitrogens with zero attached hydrogens (tertiary/aromatic N) is 1. The van der Waals surface area contributed by atoms with Gasteiger partial charge in [-0.05, 0) is 56.3 Å². The summed E-state index contributed by atoms with van der Waals surface area (Å²) in [6.07, 6.45) is 1.89. The van der Waals surface area contributed by atoms with E-state index in [1.807, 2.05) is 37.3 Å². The van der Waals surface area contributed by atoms with Crippen LogP contribution in [0.15, 0.2) is 29.8 Å². The Labute approximate surface area is 134 Å². The zero-order chi connectivity index (χ0) is 15.0. The van der Waals surface area contributed by atoms with Crippen LogP contribution in [-0.4, -0.2) is 36.9 Å². The number of Topliss-reactive ketones (excluding diaryl/α,β-unsaturated/α-hetero) is 1. The number of allylic oxidation sites excluding steroid dienone is 1. The van der Waals surface area contributed by atoms with E-state index in [0.717, 1.165) is 36.5 Å². The van der Waals surface area contributed by atoms with Crippen LogP contribution in [0.5, 0.6) is 5.75 Å². The molecule has 0 aliphatic carbocycles. The first-order valence-corrected chi connectivity index (χ1v) is 7.21. The molecule has 0 aliphatic heterocycles. The maximum absolute atomic E-state index is 11.2. The van der Waals surface area contributed by atoms with Crippen molar-refractivity contribution in [3.05, 3.63) is 35.4 Å². The lowest BCUT2D eigenvalue weighted by Gasteiger charge is -2.18. The van der Waals surface area contributed by atoms with Crippen LogP contribution in [0.1, 0.15) is 33.3 Å². The van der Waals surface area contributed by atoms with Crippen molar-refractivity contribution in [1.82, 2.24) is 4.90 Å². The molecular weight excluding hydrogens is 286 g/mol. The van der Waals surface area contributed by atoms with E-state index < -0.39 is 0 Å². The van der Waals surface area contributed by atoms with Gasteiger partial charge in [-0.15, -0.1) is 12.4 Å². The Morgan fingerprint density at radius 1 is 1.14 bits per heavy atom. The molecule has 3 nitrogen and oxygen atoms in total. The Balaban J connectivity index is 0.00000400. The number of hydrogen-bond donors (Lipinski definition) is 0. The van der Waals surface area contributed by atoms with Gasteiger partial charge < -0.3 is 9.64 Å². The van der Waals surface area contributed by atoms with Crippen molar-refractivity contribution in [3.63, 3.8) is 0 Å². The molecule has 0 amide bonds. The highest BCUT2D eigenvalue weighted by atomic mass is 35.5. The topological polar surface area (TPSA) is 29.5 Å². The van der Waals surface area contributed by atoms with Crippen molar-refractivity contribution in [2.75, 3.05) is 26.2 Å². The van der Waals surface area contributed by atoms with Gasteiger partial charge in [-0.1, -0.05) is 26.0 Å². The van der Waals surface area contributed by atoms with Crippen molar-refractivity contribution >= 4 is 24.3 Å². The van der Waals surface area contributed by atoms with Crippen molar-refractivity contribution in [1.29, 1.82) is 0 Å². The second-order valence-corrected chi connectivity index (χ2v) is 4.83. The van der Waals surface area contributed by atoms with E-state index in [2.05, 4.69) is 18.7 Å². The fourth-order valence-electron chi connectivity index (χ4n) is 1.84. The predicted molar refractivity (Wildman–Crippen MR) is 91.3 cm³/mol. The van der Waals surface area contributed by atoms with Gasteiger partial charge in [0.05, 0.1) is 0 Å². The van der Waals surface area contributed by atoms with Crippen molar-refractivity contribution in [2.24, 2.45) is 0 Å². The zero-order valence-electron chi connectivity index (χ0n) is 13.4. The van der Waals surface area contributed by atoms with Gasteiger partial charge in [-0.25, -0.2) is 0 Å². The first-order valence-electron chi connectivity index (χ1n) is 7.21. The summed E-state index contributed by atoms with van der Waals surface area (Å²) in [5.74, 6) is 0.972. The Bertz CT molecular complexity index is 450. The number of benzene rings is 1. The van der Waals surface area contributed by atoms with Crippen molar-refractivity contribution < 1.29 is 9.53 Å². The van der Waals surface area contributed by atoms with Crippen LogP contribution < -0.4 is 4.74 Å². The Morgan fingerprint density at radius 2 is 1.71 bits per heavy atom. The Morgan fingerprint density at radius 3 is 2.19 bits per heavy atom. The van der Waals surface area contributed by atoms with Crippen LogP contribution in [-0.2, 0) is 4.79 Å². The van der Waals surface area contributed by atoms with Crippen molar-refractivity contribution in [2.45, 2.75) is 27.7 Å².